The lowest BCUT2D eigenvalue weighted by atomic mass is 10.1. The monoisotopic (exact) mass is 346 g/mol. The molecule has 2 aromatic rings. The fourth-order valence-electron chi connectivity index (χ4n) is 2.13. The molecule has 0 atom stereocenters. The fraction of sp³-hybridized carbons (Fsp3) is 0.222. The summed E-state index contributed by atoms with van der Waals surface area (Å²) in [7, 11) is 0. The molecule has 0 aromatic heterocycles. The number of para-hydroxylation sites is 1. The lowest BCUT2D eigenvalue weighted by molar-refractivity contribution is -0.122. The number of carbonyl (C=O) groups is 2. The lowest BCUT2D eigenvalue weighted by Gasteiger charge is -2.12. The summed E-state index contributed by atoms with van der Waals surface area (Å²) in [5.74, 6) is -0.919. The van der Waals surface area contributed by atoms with Crippen LogP contribution in [0.1, 0.15) is 11.1 Å². The molecule has 4 nitrogen and oxygen atoms in total. The number of hydrogen-bond acceptors (Lipinski definition) is 3. The van der Waals surface area contributed by atoms with Crippen LogP contribution in [-0.4, -0.2) is 24.1 Å². The molecule has 0 fully saturated rings. The molecule has 0 unspecified atom stereocenters. The Morgan fingerprint density at radius 1 is 1.00 bits per heavy atom. The second-order valence-corrected chi connectivity index (χ2v) is 6.33. The van der Waals surface area contributed by atoms with E-state index in [4.69, 9.17) is 0 Å². The number of halogens is 1. The van der Waals surface area contributed by atoms with Crippen LogP contribution in [-0.2, 0) is 9.59 Å². The van der Waals surface area contributed by atoms with Crippen molar-refractivity contribution < 1.29 is 14.0 Å². The van der Waals surface area contributed by atoms with E-state index < -0.39 is 0 Å². The highest BCUT2D eigenvalue weighted by Gasteiger charge is 2.10. The zero-order valence-corrected chi connectivity index (χ0v) is 14.4. The van der Waals surface area contributed by atoms with Gasteiger partial charge in [-0.25, -0.2) is 4.39 Å². The average molecular weight is 346 g/mol. The molecule has 24 heavy (non-hydrogen) atoms. The van der Waals surface area contributed by atoms with E-state index in [1.54, 1.807) is 18.2 Å². The van der Waals surface area contributed by atoms with E-state index in [-0.39, 0.29) is 29.9 Å². The number of carbonyl (C=O) groups excluding carboxylic acids is 2. The molecule has 0 saturated heterocycles. The SMILES string of the molecule is Cc1cccc(C)c1NC(=O)CNC(=O)CSc1ccccc1F. The van der Waals surface area contributed by atoms with E-state index in [1.165, 1.54) is 6.07 Å². The van der Waals surface area contributed by atoms with Crippen LogP contribution in [0.3, 0.4) is 0 Å². The fourth-order valence-corrected chi connectivity index (χ4v) is 2.90. The summed E-state index contributed by atoms with van der Waals surface area (Å²) in [6.07, 6.45) is 0. The Kier molecular flexibility index (Phi) is 6.37. The number of thioether (sulfide) groups is 1. The third-order valence-corrected chi connectivity index (χ3v) is 4.44. The van der Waals surface area contributed by atoms with Gasteiger partial charge >= 0.3 is 0 Å². The Labute approximate surface area is 144 Å². The molecule has 0 bridgehead atoms. The molecule has 2 amide bonds. The van der Waals surface area contributed by atoms with Crippen LogP contribution >= 0.6 is 11.8 Å². The van der Waals surface area contributed by atoms with Gasteiger partial charge in [0.2, 0.25) is 11.8 Å². The second-order valence-electron chi connectivity index (χ2n) is 5.31. The normalized spacial score (nSPS) is 10.3. The van der Waals surface area contributed by atoms with Crippen LogP contribution < -0.4 is 10.6 Å². The van der Waals surface area contributed by atoms with Crippen molar-refractivity contribution in [2.45, 2.75) is 18.7 Å². The van der Waals surface area contributed by atoms with Crippen molar-refractivity contribution in [3.05, 3.63) is 59.4 Å². The molecule has 0 aliphatic carbocycles. The second kappa shape index (κ2) is 8.49. The molecular formula is C18H19FN2O2S. The van der Waals surface area contributed by atoms with Gasteiger partial charge in [0.15, 0.2) is 0 Å². The van der Waals surface area contributed by atoms with Crippen molar-refractivity contribution in [1.82, 2.24) is 5.32 Å². The summed E-state index contributed by atoms with van der Waals surface area (Å²) in [6.45, 7) is 3.70. The maximum Gasteiger partial charge on any atom is 0.243 e. The van der Waals surface area contributed by atoms with Gasteiger partial charge in [0.05, 0.1) is 12.3 Å². The van der Waals surface area contributed by atoms with Gasteiger partial charge in [-0.15, -0.1) is 11.8 Å². The van der Waals surface area contributed by atoms with Crippen LogP contribution in [0.25, 0.3) is 0 Å². The Balaban J connectivity index is 1.79. The third-order valence-electron chi connectivity index (χ3n) is 3.39. The molecule has 0 heterocycles. The summed E-state index contributed by atoms with van der Waals surface area (Å²) in [5.41, 5.74) is 2.69. The number of nitrogens with one attached hydrogen (secondary N) is 2. The Bertz CT molecular complexity index is 729. The van der Waals surface area contributed by atoms with Gasteiger partial charge in [-0.2, -0.15) is 0 Å². The maximum absolute atomic E-state index is 13.5. The first-order valence-electron chi connectivity index (χ1n) is 7.47. The largest absolute Gasteiger partial charge is 0.346 e. The van der Waals surface area contributed by atoms with Crippen LogP contribution in [0.2, 0.25) is 0 Å². The summed E-state index contributed by atoms with van der Waals surface area (Å²) in [6, 6.07) is 12.0. The van der Waals surface area contributed by atoms with Crippen molar-refractivity contribution in [1.29, 1.82) is 0 Å². The lowest BCUT2D eigenvalue weighted by Crippen LogP contribution is -2.34. The summed E-state index contributed by atoms with van der Waals surface area (Å²) < 4.78 is 13.5. The molecule has 0 aliphatic rings. The predicted molar refractivity (Wildman–Crippen MR) is 94.7 cm³/mol. The van der Waals surface area contributed by atoms with E-state index in [1.807, 2.05) is 32.0 Å². The van der Waals surface area contributed by atoms with Gasteiger partial charge in [-0.3, -0.25) is 9.59 Å². The van der Waals surface area contributed by atoms with Crippen LogP contribution in [0.5, 0.6) is 0 Å². The molecular weight excluding hydrogens is 327 g/mol. The number of hydrogen-bond donors (Lipinski definition) is 2. The first-order valence-corrected chi connectivity index (χ1v) is 8.46. The zero-order valence-electron chi connectivity index (χ0n) is 13.6. The predicted octanol–water partition coefficient (Wildman–Crippen LogP) is 3.29. The van der Waals surface area contributed by atoms with E-state index in [2.05, 4.69) is 10.6 Å². The van der Waals surface area contributed by atoms with Crippen molar-refractivity contribution in [2.75, 3.05) is 17.6 Å². The minimum atomic E-state index is -0.358. The molecule has 126 valence electrons. The van der Waals surface area contributed by atoms with Gasteiger partial charge < -0.3 is 10.6 Å². The highest BCUT2D eigenvalue weighted by atomic mass is 32.2. The summed E-state index contributed by atoms with van der Waals surface area (Å²) in [5, 5.41) is 5.33. The van der Waals surface area contributed by atoms with Crippen LogP contribution in [0.4, 0.5) is 10.1 Å². The van der Waals surface area contributed by atoms with Gasteiger partial charge in [0, 0.05) is 10.6 Å². The minimum Gasteiger partial charge on any atom is -0.346 e. The standard InChI is InChI=1S/C18H19FN2O2S/c1-12-6-5-7-13(2)18(12)21-16(22)10-20-17(23)11-24-15-9-4-3-8-14(15)19/h3-9H,10-11H2,1-2H3,(H,20,23)(H,21,22). The number of aryl methyl sites for hydroxylation is 2. The van der Waals surface area contributed by atoms with Gasteiger partial charge in [0.1, 0.15) is 5.82 Å². The Morgan fingerprint density at radius 3 is 2.33 bits per heavy atom. The van der Waals surface area contributed by atoms with Gasteiger partial charge in [-0.1, -0.05) is 30.3 Å². The van der Waals surface area contributed by atoms with E-state index in [0.29, 0.717) is 4.90 Å². The smallest absolute Gasteiger partial charge is 0.243 e. The topological polar surface area (TPSA) is 58.2 Å². The Morgan fingerprint density at radius 2 is 1.67 bits per heavy atom. The first kappa shape index (κ1) is 18.0. The minimum absolute atomic E-state index is 0.0532. The first-order chi connectivity index (χ1) is 11.5. The quantitative estimate of drug-likeness (QED) is 0.789. The average Bonchev–Trinajstić information content (AvgIpc) is 2.56. The summed E-state index contributed by atoms with van der Waals surface area (Å²) in [4.78, 5) is 24.2. The van der Waals surface area contributed by atoms with Crippen molar-refractivity contribution in [3.8, 4) is 0 Å². The van der Waals surface area contributed by atoms with Crippen molar-refractivity contribution in [2.24, 2.45) is 0 Å². The van der Waals surface area contributed by atoms with E-state index >= 15 is 0 Å². The molecule has 2 N–H and O–H groups in total. The Hall–Kier alpha value is -2.34. The van der Waals surface area contributed by atoms with Crippen molar-refractivity contribution >= 4 is 29.3 Å². The van der Waals surface area contributed by atoms with Crippen molar-refractivity contribution in [3.63, 3.8) is 0 Å². The van der Waals surface area contributed by atoms with Crippen LogP contribution in [0, 0.1) is 19.7 Å². The maximum atomic E-state index is 13.5. The molecule has 2 aromatic carbocycles. The number of amides is 2. The van der Waals surface area contributed by atoms with Gasteiger partial charge in [-0.05, 0) is 37.1 Å². The molecule has 0 spiro atoms. The van der Waals surface area contributed by atoms with E-state index in [0.717, 1.165) is 28.6 Å². The summed E-state index contributed by atoms with van der Waals surface area (Å²) >= 11 is 1.10. The number of benzene rings is 2. The molecule has 2 rings (SSSR count). The zero-order chi connectivity index (χ0) is 17.5. The van der Waals surface area contributed by atoms with Gasteiger partial charge in [0.25, 0.3) is 0 Å². The molecule has 0 radical (unpaired) electrons. The number of rotatable bonds is 6. The molecule has 0 saturated carbocycles. The molecule has 6 heteroatoms. The number of anilines is 1. The highest BCUT2D eigenvalue weighted by molar-refractivity contribution is 8.00. The third kappa shape index (κ3) is 5.09. The molecule has 0 aliphatic heterocycles. The van der Waals surface area contributed by atoms with Crippen LogP contribution in [0.15, 0.2) is 47.4 Å². The highest BCUT2D eigenvalue weighted by Crippen LogP contribution is 2.21. The van der Waals surface area contributed by atoms with E-state index in [9.17, 15) is 14.0 Å².